The van der Waals surface area contributed by atoms with Crippen LogP contribution in [0.15, 0.2) is 89.2 Å². The van der Waals surface area contributed by atoms with E-state index in [1.54, 1.807) is 30.4 Å². The summed E-state index contributed by atoms with van der Waals surface area (Å²) in [5.41, 5.74) is 1.31. The van der Waals surface area contributed by atoms with Gasteiger partial charge < -0.3 is 5.32 Å². The van der Waals surface area contributed by atoms with Crippen molar-refractivity contribution in [3.05, 3.63) is 84.8 Å². The SMILES string of the molecule is O=C(Nc1cccc2cnncc12)c1ccc(Sc2ccccn2)cc1. The van der Waals surface area contributed by atoms with E-state index >= 15 is 0 Å². The fourth-order valence-corrected chi connectivity index (χ4v) is 3.31. The highest BCUT2D eigenvalue weighted by atomic mass is 32.2. The van der Waals surface area contributed by atoms with Gasteiger partial charge in [-0.1, -0.05) is 30.0 Å². The molecule has 1 amide bonds. The highest BCUT2D eigenvalue weighted by Crippen LogP contribution is 2.26. The normalized spacial score (nSPS) is 10.6. The second-order valence-electron chi connectivity index (χ2n) is 5.55. The molecule has 4 rings (SSSR count). The standard InChI is InChI=1S/C20H14N4OS/c25-20(24-18-5-3-4-15-12-22-23-13-17(15)18)14-7-9-16(10-8-14)26-19-6-1-2-11-21-19/h1-13H,(H,24,25). The van der Waals surface area contributed by atoms with E-state index in [2.05, 4.69) is 20.5 Å². The lowest BCUT2D eigenvalue weighted by Gasteiger charge is -2.08. The Balaban J connectivity index is 1.51. The van der Waals surface area contributed by atoms with Gasteiger partial charge in [0.2, 0.25) is 0 Å². The first kappa shape index (κ1) is 16.2. The first-order valence-corrected chi connectivity index (χ1v) is 8.81. The van der Waals surface area contributed by atoms with E-state index in [-0.39, 0.29) is 5.91 Å². The molecule has 26 heavy (non-hydrogen) atoms. The molecule has 0 spiro atoms. The molecule has 0 bridgehead atoms. The highest BCUT2D eigenvalue weighted by Gasteiger charge is 2.09. The van der Waals surface area contributed by atoms with E-state index in [9.17, 15) is 4.79 Å². The molecular formula is C20H14N4OS. The van der Waals surface area contributed by atoms with Crippen molar-refractivity contribution < 1.29 is 4.79 Å². The maximum absolute atomic E-state index is 12.6. The zero-order chi connectivity index (χ0) is 17.8. The number of aromatic nitrogens is 3. The van der Waals surface area contributed by atoms with Crippen molar-refractivity contribution in [3.8, 4) is 0 Å². The number of hydrogen-bond acceptors (Lipinski definition) is 5. The number of pyridine rings is 1. The van der Waals surface area contributed by atoms with Crippen molar-refractivity contribution in [2.24, 2.45) is 0 Å². The summed E-state index contributed by atoms with van der Waals surface area (Å²) >= 11 is 1.56. The van der Waals surface area contributed by atoms with Crippen molar-refractivity contribution in [2.75, 3.05) is 5.32 Å². The van der Waals surface area contributed by atoms with Crippen LogP contribution in [0.1, 0.15) is 10.4 Å². The summed E-state index contributed by atoms with van der Waals surface area (Å²) in [5.74, 6) is -0.163. The summed E-state index contributed by atoms with van der Waals surface area (Å²) in [4.78, 5) is 17.9. The fourth-order valence-electron chi connectivity index (χ4n) is 2.53. The topological polar surface area (TPSA) is 67.8 Å². The van der Waals surface area contributed by atoms with Crippen LogP contribution in [0, 0.1) is 0 Å². The van der Waals surface area contributed by atoms with E-state index in [1.165, 1.54) is 0 Å². The zero-order valence-corrected chi connectivity index (χ0v) is 14.5. The Morgan fingerprint density at radius 3 is 2.54 bits per heavy atom. The molecule has 0 saturated heterocycles. The van der Waals surface area contributed by atoms with Crippen LogP contribution >= 0.6 is 11.8 Å². The van der Waals surface area contributed by atoms with E-state index < -0.39 is 0 Å². The predicted octanol–water partition coefficient (Wildman–Crippen LogP) is 4.43. The molecule has 0 aliphatic rings. The van der Waals surface area contributed by atoms with Crippen LogP contribution in [-0.4, -0.2) is 21.1 Å². The maximum Gasteiger partial charge on any atom is 0.255 e. The molecule has 1 N–H and O–H groups in total. The molecule has 2 heterocycles. The summed E-state index contributed by atoms with van der Waals surface area (Å²) in [6.45, 7) is 0. The van der Waals surface area contributed by atoms with Gasteiger partial charge in [-0.05, 0) is 42.5 Å². The molecule has 0 atom stereocenters. The number of anilines is 1. The lowest BCUT2D eigenvalue weighted by Crippen LogP contribution is -2.12. The minimum atomic E-state index is -0.163. The largest absolute Gasteiger partial charge is 0.321 e. The predicted molar refractivity (Wildman–Crippen MR) is 102 cm³/mol. The third kappa shape index (κ3) is 3.55. The molecule has 0 fully saturated rings. The molecule has 0 aliphatic heterocycles. The van der Waals surface area contributed by atoms with Crippen LogP contribution in [0.2, 0.25) is 0 Å². The number of carbonyl (C=O) groups is 1. The first-order valence-electron chi connectivity index (χ1n) is 7.99. The van der Waals surface area contributed by atoms with Crippen LogP contribution in [0.4, 0.5) is 5.69 Å². The minimum Gasteiger partial charge on any atom is -0.321 e. The first-order chi connectivity index (χ1) is 12.8. The van der Waals surface area contributed by atoms with Gasteiger partial charge in [-0.25, -0.2) is 4.98 Å². The lowest BCUT2D eigenvalue weighted by atomic mass is 10.1. The molecule has 0 unspecified atom stereocenters. The van der Waals surface area contributed by atoms with Gasteiger partial charge in [0.25, 0.3) is 5.91 Å². The highest BCUT2D eigenvalue weighted by molar-refractivity contribution is 7.99. The number of fused-ring (bicyclic) bond motifs is 1. The number of rotatable bonds is 4. The van der Waals surface area contributed by atoms with Crippen molar-refractivity contribution in [3.63, 3.8) is 0 Å². The summed E-state index contributed by atoms with van der Waals surface area (Å²) in [7, 11) is 0. The maximum atomic E-state index is 12.6. The van der Waals surface area contributed by atoms with Crippen molar-refractivity contribution in [1.29, 1.82) is 0 Å². The lowest BCUT2D eigenvalue weighted by molar-refractivity contribution is 0.102. The number of nitrogens with zero attached hydrogens (tertiary/aromatic N) is 3. The smallest absolute Gasteiger partial charge is 0.255 e. The number of amides is 1. The molecule has 4 aromatic rings. The molecule has 0 radical (unpaired) electrons. The quantitative estimate of drug-likeness (QED) is 0.584. The molecule has 2 aromatic carbocycles. The Labute approximate surface area is 154 Å². The average molecular weight is 358 g/mol. The monoisotopic (exact) mass is 358 g/mol. The summed E-state index contributed by atoms with van der Waals surface area (Å²) < 4.78 is 0. The van der Waals surface area contributed by atoms with E-state index in [0.29, 0.717) is 11.3 Å². The Kier molecular flexibility index (Phi) is 4.57. The number of carbonyl (C=O) groups excluding carboxylic acids is 1. The third-order valence-electron chi connectivity index (χ3n) is 3.82. The van der Waals surface area contributed by atoms with Gasteiger partial charge in [0.1, 0.15) is 5.03 Å². The van der Waals surface area contributed by atoms with Gasteiger partial charge in [-0.15, -0.1) is 0 Å². The Morgan fingerprint density at radius 2 is 1.73 bits per heavy atom. The second-order valence-corrected chi connectivity index (χ2v) is 6.64. The van der Waals surface area contributed by atoms with Crippen LogP contribution in [0.5, 0.6) is 0 Å². The van der Waals surface area contributed by atoms with Gasteiger partial charge in [-0.3, -0.25) is 4.79 Å². The molecular weight excluding hydrogens is 344 g/mol. The fraction of sp³-hybridized carbons (Fsp3) is 0. The van der Waals surface area contributed by atoms with Crippen LogP contribution in [-0.2, 0) is 0 Å². The Bertz CT molecular complexity index is 1050. The van der Waals surface area contributed by atoms with Gasteiger partial charge >= 0.3 is 0 Å². The molecule has 0 saturated carbocycles. The van der Waals surface area contributed by atoms with E-state index in [4.69, 9.17) is 0 Å². The Hall–Kier alpha value is -3.25. The molecule has 0 aliphatic carbocycles. The number of nitrogens with one attached hydrogen (secondary N) is 1. The van der Waals surface area contributed by atoms with Crippen molar-refractivity contribution >= 4 is 34.1 Å². The van der Waals surface area contributed by atoms with Gasteiger partial charge in [-0.2, -0.15) is 10.2 Å². The molecule has 6 heteroatoms. The minimum absolute atomic E-state index is 0.163. The van der Waals surface area contributed by atoms with Gasteiger partial charge in [0.05, 0.1) is 18.1 Å². The summed E-state index contributed by atoms with van der Waals surface area (Å²) in [6, 6.07) is 18.9. The van der Waals surface area contributed by atoms with Crippen molar-refractivity contribution in [1.82, 2.24) is 15.2 Å². The van der Waals surface area contributed by atoms with E-state index in [0.717, 1.165) is 20.7 Å². The average Bonchev–Trinajstić information content (AvgIpc) is 2.70. The van der Waals surface area contributed by atoms with Gasteiger partial charge in [0, 0.05) is 27.4 Å². The van der Waals surface area contributed by atoms with Crippen LogP contribution in [0.3, 0.4) is 0 Å². The summed E-state index contributed by atoms with van der Waals surface area (Å²) in [6.07, 6.45) is 5.09. The zero-order valence-electron chi connectivity index (χ0n) is 13.7. The number of hydrogen-bond donors (Lipinski definition) is 1. The molecule has 126 valence electrons. The Morgan fingerprint density at radius 1 is 0.885 bits per heavy atom. The number of benzene rings is 2. The van der Waals surface area contributed by atoms with Gasteiger partial charge in [0.15, 0.2) is 0 Å². The molecule has 2 aromatic heterocycles. The van der Waals surface area contributed by atoms with Crippen LogP contribution in [0.25, 0.3) is 10.8 Å². The second kappa shape index (κ2) is 7.33. The summed E-state index contributed by atoms with van der Waals surface area (Å²) in [5, 5.41) is 13.4. The van der Waals surface area contributed by atoms with Crippen LogP contribution < -0.4 is 5.32 Å². The molecule has 5 nitrogen and oxygen atoms in total. The van der Waals surface area contributed by atoms with E-state index in [1.807, 2.05) is 60.7 Å². The third-order valence-corrected chi connectivity index (χ3v) is 4.77. The van der Waals surface area contributed by atoms with Crippen molar-refractivity contribution in [2.45, 2.75) is 9.92 Å².